The van der Waals surface area contributed by atoms with Crippen molar-refractivity contribution in [3.05, 3.63) is 35.9 Å². The number of nitrogens with zero attached hydrogens (tertiary/aromatic N) is 1. The van der Waals surface area contributed by atoms with Crippen molar-refractivity contribution in [3.63, 3.8) is 0 Å². The molecule has 2 fully saturated rings. The molecule has 4 heteroatoms. The SMILES string of the molecule is O=C(NC1CCCCC1)[C@H]1CCCN1C(=O)Cc1ccccc1. The third-order valence-electron chi connectivity index (χ3n) is 5.03. The lowest BCUT2D eigenvalue weighted by atomic mass is 9.95. The van der Waals surface area contributed by atoms with Crippen LogP contribution in [0, 0.1) is 0 Å². The first-order valence-corrected chi connectivity index (χ1v) is 8.88. The molecule has 0 radical (unpaired) electrons. The summed E-state index contributed by atoms with van der Waals surface area (Å²) in [6, 6.07) is 9.80. The van der Waals surface area contributed by atoms with Crippen LogP contribution in [0.25, 0.3) is 0 Å². The Morgan fingerprint density at radius 2 is 1.74 bits per heavy atom. The molecular formula is C19H26N2O2. The van der Waals surface area contributed by atoms with Gasteiger partial charge < -0.3 is 10.2 Å². The van der Waals surface area contributed by atoms with E-state index in [9.17, 15) is 9.59 Å². The van der Waals surface area contributed by atoms with E-state index in [1.807, 2.05) is 30.3 Å². The van der Waals surface area contributed by atoms with Gasteiger partial charge in [0, 0.05) is 12.6 Å². The summed E-state index contributed by atoms with van der Waals surface area (Å²) in [4.78, 5) is 26.9. The molecule has 1 aliphatic heterocycles. The van der Waals surface area contributed by atoms with Crippen LogP contribution in [0.3, 0.4) is 0 Å². The monoisotopic (exact) mass is 314 g/mol. The van der Waals surface area contributed by atoms with Gasteiger partial charge in [-0.3, -0.25) is 9.59 Å². The molecule has 23 heavy (non-hydrogen) atoms. The lowest BCUT2D eigenvalue weighted by molar-refractivity contribution is -0.138. The van der Waals surface area contributed by atoms with Crippen molar-refractivity contribution in [1.82, 2.24) is 10.2 Å². The second-order valence-electron chi connectivity index (χ2n) is 6.75. The topological polar surface area (TPSA) is 49.4 Å². The maximum atomic E-state index is 12.6. The molecule has 0 bridgehead atoms. The van der Waals surface area contributed by atoms with Gasteiger partial charge in [0.05, 0.1) is 6.42 Å². The molecule has 1 saturated heterocycles. The predicted octanol–water partition coefficient (Wildman–Crippen LogP) is 2.67. The van der Waals surface area contributed by atoms with Crippen LogP contribution in [-0.4, -0.2) is 35.3 Å². The molecule has 1 saturated carbocycles. The zero-order valence-electron chi connectivity index (χ0n) is 13.7. The Morgan fingerprint density at radius 3 is 2.48 bits per heavy atom. The van der Waals surface area contributed by atoms with Gasteiger partial charge in [-0.2, -0.15) is 0 Å². The van der Waals surface area contributed by atoms with Gasteiger partial charge in [0.25, 0.3) is 0 Å². The van der Waals surface area contributed by atoms with Crippen LogP contribution >= 0.6 is 0 Å². The minimum atomic E-state index is -0.270. The Hall–Kier alpha value is -1.84. The maximum Gasteiger partial charge on any atom is 0.243 e. The molecule has 0 aromatic heterocycles. The van der Waals surface area contributed by atoms with Gasteiger partial charge in [-0.1, -0.05) is 49.6 Å². The first-order valence-electron chi connectivity index (χ1n) is 8.88. The summed E-state index contributed by atoms with van der Waals surface area (Å²) in [7, 11) is 0. The van der Waals surface area contributed by atoms with Gasteiger partial charge in [-0.05, 0) is 31.2 Å². The molecule has 0 spiro atoms. The number of benzene rings is 1. The van der Waals surface area contributed by atoms with Gasteiger partial charge in [-0.15, -0.1) is 0 Å². The van der Waals surface area contributed by atoms with Crippen molar-refractivity contribution >= 4 is 11.8 Å². The number of carbonyl (C=O) groups is 2. The molecule has 3 rings (SSSR count). The smallest absolute Gasteiger partial charge is 0.243 e. The molecule has 1 aliphatic carbocycles. The summed E-state index contributed by atoms with van der Waals surface area (Å²) in [6.07, 6.45) is 7.93. The third-order valence-corrected chi connectivity index (χ3v) is 5.03. The van der Waals surface area contributed by atoms with Crippen molar-refractivity contribution in [2.45, 2.75) is 63.5 Å². The van der Waals surface area contributed by atoms with E-state index in [0.717, 1.165) is 31.2 Å². The zero-order valence-corrected chi connectivity index (χ0v) is 13.7. The molecule has 1 atom stereocenters. The van der Waals surface area contributed by atoms with E-state index in [0.29, 0.717) is 19.0 Å². The van der Waals surface area contributed by atoms with E-state index in [4.69, 9.17) is 0 Å². The normalized spacial score (nSPS) is 22.1. The largest absolute Gasteiger partial charge is 0.352 e. The molecule has 1 heterocycles. The van der Waals surface area contributed by atoms with Crippen molar-refractivity contribution in [3.8, 4) is 0 Å². The van der Waals surface area contributed by atoms with E-state index in [1.165, 1.54) is 19.3 Å². The minimum absolute atomic E-state index is 0.0517. The summed E-state index contributed by atoms with van der Waals surface area (Å²) >= 11 is 0. The van der Waals surface area contributed by atoms with Crippen molar-refractivity contribution in [2.75, 3.05) is 6.54 Å². The number of carbonyl (C=O) groups excluding carboxylic acids is 2. The highest BCUT2D eigenvalue weighted by atomic mass is 16.2. The quantitative estimate of drug-likeness (QED) is 0.929. The molecule has 4 nitrogen and oxygen atoms in total. The van der Waals surface area contributed by atoms with Crippen LogP contribution in [-0.2, 0) is 16.0 Å². The molecule has 0 unspecified atom stereocenters. The molecule has 1 aromatic carbocycles. The van der Waals surface area contributed by atoms with E-state index in [-0.39, 0.29) is 17.9 Å². The molecule has 1 aromatic rings. The van der Waals surface area contributed by atoms with E-state index in [1.54, 1.807) is 4.90 Å². The van der Waals surface area contributed by atoms with Gasteiger partial charge in [0.1, 0.15) is 6.04 Å². The van der Waals surface area contributed by atoms with Crippen LogP contribution < -0.4 is 5.32 Å². The van der Waals surface area contributed by atoms with Crippen LogP contribution in [0.5, 0.6) is 0 Å². The lowest BCUT2D eigenvalue weighted by Gasteiger charge is -2.28. The summed E-state index contributed by atoms with van der Waals surface area (Å²) in [5, 5.41) is 3.18. The molecule has 1 N–H and O–H groups in total. The minimum Gasteiger partial charge on any atom is -0.352 e. The number of amides is 2. The Balaban J connectivity index is 1.58. The van der Waals surface area contributed by atoms with Crippen LogP contribution in [0.2, 0.25) is 0 Å². The second kappa shape index (κ2) is 7.62. The average molecular weight is 314 g/mol. The van der Waals surface area contributed by atoms with Crippen LogP contribution in [0.4, 0.5) is 0 Å². The highest BCUT2D eigenvalue weighted by molar-refractivity contribution is 5.89. The number of likely N-dealkylation sites (tertiary alicyclic amines) is 1. The Labute approximate surface area is 138 Å². The Kier molecular flexibility index (Phi) is 5.31. The molecule has 124 valence electrons. The van der Waals surface area contributed by atoms with E-state index < -0.39 is 0 Å². The zero-order chi connectivity index (χ0) is 16.1. The number of rotatable bonds is 4. The maximum absolute atomic E-state index is 12.6. The number of nitrogens with one attached hydrogen (secondary N) is 1. The molecular weight excluding hydrogens is 288 g/mol. The standard InChI is InChI=1S/C19H26N2O2/c22-18(14-15-8-3-1-4-9-15)21-13-7-12-17(21)19(23)20-16-10-5-2-6-11-16/h1,3-4,8-9,16-17H,2,5-7,10-14H2,(H,20,23)/t17-/m1/s1. The summed E-state index contributed by atoms with van der Waals surface area (Å²) in [5.74, 6) is 0.119. The Morgan fingerprint density at radius 1 is 1.00 bits per heavy atom. The Bertz CT molecular complexity index is 538. The number of hydrogen-bond acceptors (Lipinski definition) is 2. The molecule has 2 amide bonds. The fourth-order valence-corrected chi connectivity index (χ4v) is 3.75. The average Bonchev–Trinajstić information content (AvgIpc) is 3.06. The fourth-order valence-electron chi connectivity index (χ4n) is 3.75. The number of hydrogen-bond donors (Lipinski definition) is 1. The van der Waals surface area contributed by atoms with Gasteiger partial charge in [-0.25, -0.2) is 0 Å². The lowest BCUT2D eigenvalue weighted by Crippen LogP contribution is -2.49. The third kappa shape index (κ3) is 4.12. The van der Waals surface area contributed by atoms with E-state index >= 15 is 0 Å². The van der Waals surface area contributed by atoms with Gasteiger partial charge in [0.15, 0.2) is 0 Å². The summed E-state index contributed by atoms with van der Waals surface area (Å²) in [5.41, 5.74) is 1.01. The summed E-state index contributed by atoms with van der Waals surface area (Å²) in [6.45, 7) is 0.703. The fraction of sp³-hybridized carbons (Fsp3) is 0.579. The first-order chi connectivity index (χ1) is 11.2. The first kappa shape index (κ1) is 16.0. The second-order valence-corrected chi connectivity index (χ2v) is 6.75. The molecule has 2 aliphatic rings. The highest BCUT2D eigenvalue weighted by Crippen LogP contribution is 2.21. The van der Waals surface area contributed by atoms with Crippen LogP contribution in [0.1, 0.15) is 50.5 Å². The van der Waals surface area contributed by atoms with E-state index in [2.05, 4.69) is 5.32 Å². The van der Waals surface area contributed by atoms with Crippen molar-refractivity contribution < 1.29 is 9.59 Å². The summed E-state index contributed by atoms with van der Waals surface area (Å²) < 4.78 is 0. The van der Waals surface area contributed by atoms with Crippen molar-refractivity contribution in [1.29, 1.82) is 0 Å². The van der Waals surface area contributed by atoms with Gasteiger partial charge in [0.2, 0.25) is 11.8 Å². The highest BCUT2D eigenvalue weighted by Gasteiger charge is 2.34. The van der Waals surface area contributed by atoms with Gasteiger partial charge >= 0.3 is 0 Å². The predicted molar refractivity (Wildman–Crippen MR) is 89.9 cm³/mol. The van der Waals surface area contributed by atoms with Crippen molar-refractivity contribution in [2.24, 2.45) is 0 Å². The van der Waals surface area contributed by atoms with Crippen LogP contribution in [0.15, 0.2) is 30.3 Å².